The predicted octanol–water partition coefficient (Wildman–Crippen LogP) is 1.54. The molecule has 1 saturated heterocycles. The van der Waals surface area contributed by atoms with Crippen LogP contribution in [0.4, 0.5) is 5.69 Å². The van der Waals surface area contributed by atoms with Crippen molar-refractivity contribution in [3.8, 4) is 0 Å². The Morgan fingerprint density at radius 1 is 1.37 bits per heavy atom. The number of likely N-dealkylation sites (N-methyl/N-ethyl adjacent to an activating group) is 1. The van der Waals surface area contributed by atoms with E-state index < -0.39 is 0 Å². The topological polar surface area (TPSA) is 44.4 Å². The van der Waals surface area contributed by atoms with Crippen LogP contribution in [0.25, 0.3) is 0 Å². The van der Waals surface area contributed by atoms with Gasteiger partial charge >= 0.3 is 0 Å². The van der Waals surface area contributed by atoms with E-state index in [0.29, 0.717) is 12.6 Å². The lowest BCUT2D eigenvalue weighted by Crippen LogP contribution is -2.58. The number of hydrogen-bond acceptors (Lipinski definition) is 3. The van der Waals surface area contributed by atoms with Crippen LogP contribution in [-0.4, -0.2) is 43.0 Å². The van der Waals surface area contributed by atoms with Crippen molar-refractivity contribution in [3.05, 3.63) is 29.3 Å². The Balaban J connectivity index is 1.90. The lowest BCUT2D eigenvalue weighted by atomic mass is 10.1. The first kappa shape index (κ1) is 14.0. The zero-order valence-electron chi connectivity index (χ0n) is 12.0. The number of rotatable bonds is 5. The Hall–Kier alpha value is -1.39. The quantitative estimate of drug-likeness (QED) is 0.845. The van der Waals surface area contributed by atoms with Crippen LogP contribution in [0.15, 0.2) is 18.2 Å². The Morgan fingerprint density at radius 3 is 2.63 bits per heavy atom. The Kier molecular flexibility index (Phi) is 4.56. The molecule has 1 heterocycles. The van der Waals surface area contributed by atoms with Crippen molar-refractivity contribution in [2.24, 2.45) is 0 Å². The van der Waals surface area contributed by atoms with Gasteiger partial charge in [-0.15, -0.1) is 0 Å². The smallest absolute Gasteiger partial charge is 0.238 e. The maximum Gasteiger partial charge on any atom is 0.238 e. The van der Waals surface area contributed by atoms with Gasteiger partial charge in [0.05, 0.1) is 6.54 Å². The Morgan fingerprint density at radius 2 is 2.11 bits per heavy atom. The highest BCUT2D eigenvalue weighted by Crippen LogP contribution is 2.14. The molecule has 2 rings (SSSR count). The highest BCUT2D eigenvalue weighted by Gasteiger charge is 2.24. The minimum atomic E-state index is 0.0667. The number of aryl methyl sites for hydroxylation is 2. The molecule has 1 aliphatic heterocycles. The molecule has 4 heteroatoms. The van der Waals surface area contributed by atoms with Crippen LogP contribution >= 0.6 is 0 Å². The first-order valence-electron chi connectivity index (χ1n) is 6.92. The molecular weight excluding hydrogens is 238 g/mol. The van der Waals surface area contributed by atoms with Crippen molar-refractivity contribution < 1.29 is 4.79 Å². The van der Waals surface area contributed by atoms with Crippen molar-refractivity contribution >= 4 is 11.6 Å². The summed E-state index contributed by atoms with van der Waals surface area (Å²) >= 11 is 0. The molecule has 0 aliphatic carbocycles. The summed E-state index contributed by atoms with van der Waals surface area (Å²) in [7, 11) is 0. The van der Waals surface area contributed by atoms with Gasteiger partial charge < -0.3 is 10.6 Å². The molecule has 0 radical (unpaired) electrons. The van der Waals surface area contributed by atoms with Gasteiger partial charge in [-0.25, -0.2) is 0 Å². The zero-order valence-corrected chi connectivity index (χ0v) is 12.0. The van der Waals surface area contributed by atoms with Gasteiger partial charge in [0.15, 0.2) is 0 Å². The molecule has 0 saturated carbocycles. The fourth-order valence-corrected chi connectivity index (χ4v) is 2.23. The second kappa shape index (κ2) is 6.17. The van der Waals surface area contributed by atoms with Gasteiger partial charge in [0.25, 0.3) is 0 Å². The summed E-state index contributed by atoms with van der Waals surface area (Å²) in [5, 5.41) is 6.22. The van der Waals surface area contributed by atoms with Crippen LogP contribution in [0.3, 0.4) is 0 Å². The van der Waals surface area contributed by atoms with Crippen molar-refractivity contribution in [2.75, 3.05) is 31.5 Å². The number of nitrogens with one attached hydrogen (secondary N) is 2. The Labute approximate surface area is 115 Å². The van der Waals surface area contributed by atoms with E-state index in [4.69, 9.17) is 0 Å². The molecular formula is C15H23N3O. The molecule has 0 bridgehead atoms. The second-order valence-electron chi connectivity index (χ2n) is 5.22. The van der Waals surface area contributed by atoms with E-state index in [2.05, 4.69) is 36.3 Å². The maximum absolute atomic E-state index is 12.0. The van der Waals surface area contributed by atoms with E-state index in [9.17, 15) is 4.79 Å². The van der Waals surface area contributed by atoms with Crippen molar-refractivity contribution in [3.63, 3.8) is 0 Å². The van der Waals surface area contributed by atoms with Crippen LogP contribution in [-0.2, 0) is 4.79 Å². The van der Waals surface area contributed by atoms with Gasteiger partial charge in [-0.1, -0.05) is 13.0 Å². The molecule has 1 aromatic rings. The van der Waals surface area contributed by atoms with Crippen molar-refractivity contribution in [2.45, 2.75) is 26.8 Å². The fourth-order valence-electron chi connectivity index (χ4n) is 2.23. The molecule has 0 spiro atoms. The standard InChI is InChI=1S/C15H23N3O/c1-4-18(14-8-16-9-14)10-15(19)17-13-6-5-11(2)12(3)7-13/h5-7,14,16H,4,8-10H2,1-3H3,(H,17,19). The summed E-state index contributed by atoms with van der Waals surface area (Å²) in [5.41, 5.74) is 3.33. The summed E-state index contributed by atoms with van der Waals surface area (Å²) < 4.78 is 0. The van der Waals surface area contributed by atoms with Gasteiger partial charge in [-0.05, 0) is 43.7 Å². The summed E-state index contributed by atoms with van der Waals surface area (Å²) in [4.78, 5) is 14.3. The van der Waals surface area contributed by atoms with Crippen molar-refractivity contribution in [1.82, 2.24) is 10.2 Å². The maximum atomic E-state index is 12.0. The number of anilines is 1. The predicted molar refractivity (Wildman–Crippen MR) is 78.5 cm³/mol. The van der Waals surface area contributed by atoms with E-state index in [1.807, 2.05) is 18.2 Å². The van der Waals surface area contributed by atoms with E-state index in [-0.39, 0.29) is 5.91 Å². The lowest BCUT2D eigenvalue weighted by molar-refractivity contribution is -0.118. The molecule has 19 heavy (non-hydrogen) atoms. The van der Waals surface area contributed by atoms with E-state index in [1.165, 1.54) is 11.1 Å². The van der Waals surface area contributed by atoms with Crippen LogP contribution < -0.4 is 10.6 Å². The van der Waals surface area contributed by atoms with Gasteiger partial charge in [0, 0.05) is 24.8 Å². The van der Waals surface area contributed by atoms with E-state index >= 15 is 0 Å². The highest BCUT2D eigenvalue weighted by atomic mass is 16.2. The minimum Gasteiger partial charge on any atom is -0.325 e. The van der Waals surface area contributed by atoms with E-state index in [1.54, 1.807) is 0 Å². The largest absolute Gasteiger partial charge is 0.325 e. The summed E-state index contributed by atoms with van der Waals surface area (Å²) in [6, 6.07) is 6.53. The third kappa shape index (κ3) is 3.55. The highest BCUT2D eigenvalue weighted by molar-refractivity contribution is 5.92. The summed E-state index contributed by atoms with van der Waals surface area (Å²) in [6.45, 7) is 9.59. The molecule has 1 aliphatic rings. The van der Waals surface area contributed by atoms with Gasteiger partial charge in [0.2, 0.25) is 5.91 Å². The first-order chi connectivity index (χ1) is 9.10. The number of benzene rings is 1. The number of amides is 1. The monoisotopic (exact) mass is 261 g/mol. The minimum absolute atomic E-state index is 0.0667. The molecule has 4 nitrogen and oxygen atoms in total. The number of carbonyl (C=O) groups excluding carboxylic acids is 1. The lowest BCUT2D eigenvalue weighted by Gasteiger charge is -2.37. The zero-order chi connectivity index (χ0) is 13.8. The molecule has 0 atom stereocenters. The van der Waals surface area contributed by atoms with Gasteiger partial charge in [0.1, 0.15) is 0 Å². The molecule has 1 amide bonds. The second-order valence-corrected chi connectivity index (χ2v) is 5.22. The normalized spacial score (nSPS) is 15.4. The van der Waals surface area contributed by atoms with Gasteiger partial charge in [-0.2, -0.15) is 0 Å². The van der Waals surface area contributed by atoms with Gasteiger partial charge in [-0.3, -0.25) is 9.69 Å². The molecule has 1 aromatic carbocycles. The SMILES string of the molecule is CCN(CC(=O)Nc1ccc(C)c(C)c1)C1CNC1. The third-order valence-corrected chi connectivity index (χ3v) is 3.82. The summed E-state index contributed by atoms with van der Waals surface area (Å²) in [6.07, 6.45) is 0. The van der Waals surface area contributed by atoms with Crippen LogP contribution in [0.2, 0.25) is 0 Å². The fraction of sp³-hybridized carbons (Fsp3) is 0.533. The average molecular weight is 261 g/mol. The molecule has 0 aromatic heterocycles. The third-order valence-electron chi connectivity index (χ3n) is 3.82. The van der Waals surface area contributed by atoms with Crippen LogP contribution in [0.5, 0.6) is 0 Å². The van der Waals surface area contributed by atoms with E-state index in [0.717, 1.165) is 25.3 Å². The first-order valence-corrected chi connectivity index (χ1v) is 6.92. The Bertz CT molecular complexity index is 455. The summed E-state index contributed by atoms with van der Waals surface area (Å²) in [5.74, 6) is 0.0667. The van der Waals surface area contributed by atoms with Crippen molar-refractivity contribution in [1.29, 1.82) is 0 Å². The number of nitrogens with zero attached hydrogens (tertiary/aromatic N) is 1. The number of carbonyl (C=O) groups is 1. The number of hydrogen-bond donors (Lipinski definition) is 2. The molecule has 2 N–H and O–H groups in total. The average Bonchev–Trinajstić information content (AvgIpc) is 2.30. The molecule has 1 fully saturated rings. The molecule has 104 valence electrons. The molecule has 0 unspecified atom stereocenters. The van der Waals surface area contributed by atoms with Crippen LogP contribution in [0, 0.1) is 13.8 Å². The van der Waals surface area contributed by atoms with Crippen LogP contribution in [0.1, 0.15) is 18.1 Å².